The van der Waals surface area contributed by atoms with Gasteiger partial charge in [-0.15, -0.1) is 0 Å². The van der Waals surface area contributed by atoms with E-state index in [4.69, 9.17) is 4.98 Å². The van der Waals surface area contributed by atoms with Crippen LogP contribution in [0.4, 0.5) is 0 Å². The number of amides is 1. The van der Waals surface area contributed by atoms with Crippen LogP contribution < -0.4 is 0 Å². The highest BCUT2D eigenvalue weighted by Crippen LogP contribution is 2.30. The molecule has 0 aliphatic carbocycles. The van der Waals surface area contributed by atoms with Crippen molar-refractivity contribution in [1.82, 2.24) is 14.3 Å². The fraction of sp³-hybridized carbons (Fsp3) is 0.458. The second kappa shape index (κ2) is 9.53. The maximum atomic E-state index is 13.0. The molecule has 3 rings (SSSR count). The van der Waals surface area contributed by atoms with Crippen molar-refractivity contribution in [3.8, 4) is 6.07 Å². The first-order valence-electron chi connectivity index (χ1n) is 10.6. The van der Waals surface area contributed by atoms with Gasteiger partial charge in [-0.3, -0.25) is 9.20 Å². The number of imidazole rings is 1. The molecule has 0 aliphatic rings. The summed E-state index contributed by atoms with van der Waals surface area (Å²) >= 11 is 1.53. The zero-order valence-electron chi connectivity index (χ0n) is 18.5. The largest absolute Gasteiger partial charge is 0.341 e. The van der Waals surface area contributed by atoms with Gasteiger partial charge < -0.3 is 4.90 Å². The van der Waals surface area contributed by atoms with E-state index in [1.807, 2.05) is 46.6 Å². The average molecular weight is 423 g/mol. The van der Waals surface area contributed by atoms with Gasteiger partial charge in [-0.1, -0.05) is 58.5 Å². The summed E-state index contributed by atoms with van der Waals surface area (Å²) in [6, 6.07) is 12.3. The van der Waals surface area contributed by atoms with Gasteiger partial charge in [-0.25, -0.2) is 4.98 Å². The molecule has 0 saturated heterocycles. The maximum Gasteiger partial charge on any atom is 0.233 e. The number of para-hydroxylation sites is 2. The molecule has 1 aromatic carbocycles. The van der Waals surface area contributed by atoms with Gasteiger partial charge in [-0.05, 0) is 42.0 Å². The Bertz CT molecular complexity index is 1080. The summed E-state index contributed by atoms with van der Waals surface area (Å²) in [5.41, 5.74) is 4.08. The number of hydrogen-bond acceptors (Lipinski definition) is 4. The third-order valence-electron chi connectivity index (χ3n) is 4.98. The highest BCUT2D eigenvalue weighted by atomic mass is 32.2. The number of aryl methyl sites for hydroxylation is 1. The van der Waals surface area contributed by atoms with E-state index < -0.39 is 0 Å². The molecule has 6 heteroatoms. The number of pyridine rings is 1. The lowest BCUT2D eigenvalue weighted by Gasteiger charge is -2.26. The average Bonchev–Trinajstić information content (AvgIpc) is 3.09. The zero-order valence-corrected chi connectivity index (χ0v) is 19.3. The van der Waals surface area contributed by atoms with Crippen LogP contribution in [-0.2, 0) is 11.2 Å². The molecule has 0 spiro atoms. The summed E-state index contributed by atoms with van der Waals surface area (Å²) in [7, 11) is 0. The Morgan fingerprint density at radius 1 is 1.20 bits per heavy atom. The van der Waals surface area contributed by atoms with Gasteiger partial charge in [-0.2, -0.15) is 5.26 Å². The van der Waals surface area contributed by atoms with Gasteiger partial charge in [0.15, 0.2) is 5.65 Å². The zero-order chi connectivity index (χ0) is 21.8. The van der Waals surface area contributed by atoms with E-state index in [2.05, 4.69) is 33.8 Å². The van der Waals surface area contributed by atoms with Crippen molar-refractivity contribution >= 4 is 34.3 Å². The van der Waals surface area contributed by atoms with E-state index in [-0.39, 0.29) is 5.91 Å². The number of carbonyl (C=O) groups is 1. The van der Waals surface area contributed by atoms with Crippen molar-refractivity contribution < 1.29 is 4.79 Å². The van der Waals surface area contributed by atoms with Crippen LogP contribution in [0.25, 0.3) is 16.7 Å². The monoisotopic (exact) mass is 422 g/mol. The first kappa shape index (κ1) is 22.2. The van der Waals surface area contributed by atoms with Crippen molar-refractivity contribution in [1.29, 1.82) is 5.26 Å². The van der Waals surface area contributed by atoms with E-state index in [1.165, 1.54) is 11.8 Å². The van der Waals surface area contributed by atoms with E-state index >= 15 is 0 Å². The van der Waals surface area contributed by atoms with E-state index in [9.17, 15) is 10.1 Å². The molecule has 0 unspecified atom stereocenters. The Hall–Kier alpha value is -2.52. The summed E-state index contributed by atoms with van der Waals surface area (Å²) in [6.07, 6.45) is 0.747. The predicted octanol–water partition coefficient (Wildman–Crippen LogP) is 5.15. The van der Waals surface area contributed by atoms with Crippen LogP contribution in [0.1, 0.15) is 45.7 Å². The third-order valence-corrected chi connectivity index (χ3v) is 5.97. The van der Waals surface area contributed by atoms with Crippen molar-refractivity contribution in [2.24, 2.45) is 11.8 Å². The second-order valence-corrected chi connectivity index (χ2v) is 9.48. The Labute approximate surface area is 183 Å². The normalized spacial score (nSPS) is 11.5. The van der Waals surface area contributed by atoms with Crippen LogP contribution >= 0.6 is 11.8 Å². The number of thioether (sulfide) groups is 1. The van der Waals surface area contributed by atoms with Crippen molar-refractivity contribution in [3.63, 3.8) is 0 Å². The van der Waals surface area contributed by atoms with Crippen molar-refractivity contribution in [2.45, 2.75) is 46.1 Å². The molecular weight excluding hydrogens is 392 g/mol. The lowest BCUT2D eigenvalue weighted by molar-refractivity contribution is -0.129. The smallest absolute Gasteiger partial charge is 0.233 e. The molecule has 30 heavy (non-hydrogen) atoms. The van der Waals surface area contributed by atoms with Crippen LogP contribution in [0.2, 0.25) is 0 Å². The van der Waals surface area contributed by atoms with Gasteiger partial charge in [0.05, 0.1) is 27.4 Å². The molecular formula is C24H30N4OS. The minimum atomic E-state index is 0.155. The van der Waals surface area contributed by atoms with Gasteiger partial charge in [0.1, 0.15) is 6.07 Å². The Balaban J connectivity index is 1.99. The summed E-state index contributed by atoms with van der Waals surface area (Å²) in [6.45, 7) is 12.2. The molecule has 0 aliphatic heterocycles. The number of nitriles is 1. The fourth-order valence-corrected chi connectivity index (χ4v) is 4.73. The molecule has 0 atom stereocenters. The summed E-state index contributed by atoms with van der Waals surface area (Å²) in [5, 5.41) is 10.7. The Kier molecular flexibility index (Phi) is 7.04. The fourth-order valence-electron chi connectivity index (χ4n) is 3.74. The standard InChI is InChI=1S/C24H30N4OS/c1-6-18-11-23(30-15-22(29)27(13-16(2)3)14-17(4)5)28-21-10-8-7-9-20(21)26-24(28)19(18)12-25/h7-11,16-17H,6,13-15H2,1-5H3. The number of hydrogen-bond donors (Lipinski definition) is 0. The second-order valence-electron chi connectivity index (χ2n) is 8.48. The minimum absolute atomic E-state index is 0.155. The summed E-state index contributed by atoms with van der Waals surface area (Å²) in [5.74, 6) is 1.39. The summed E-state index contributed by atoms with van der Waals surface area (Å²) in [4.78, 5) is 19.7. The number of nitrogens with zero attached hydrogens (tertiary/aromatic N) is 4. The van der Waals surface area contributed by atoms with E-state index in [0.29, 0.717) is 28.8 Å². The number of carbonyl (C=O) groups excluding carboxylic acids is 1. The Morgan fingerprint density at radius 2 is 1.87 bits per heavy atom. The molecule has 2 heterocycles. The minimum Gasteiger partial charge on any atom is -0.341 e. The molecule has 0 fully saturated rings. The van der Waals surface area contributed by atoms with E-state index in [0.717, 1.165) is 41.1 Å². The lowest BCUT2D eigenvalue weighted by atomic mass is 10.1. The molecule has 0 radical (unpaired) electrons. The molecule has 3 aromatic rings. The third kappa shape index (κ3) is 4.62. The van der Waals surface area contributed by atoms with Crippen LogP contribution in [-0.4, -0.2) is 39.0 Å². The van der Waals surface area contributed by atoms with Gasteiger partial charge in [0.25, 0.3) is 0 Å². The first-order chi connectivity index (χ1) is 14.3. The molecule has 158 valence electrons. The first-order valence-corrected chi connectivity index (χ1v) is 11.6. The number of rotatable bonds is 8. The highest BCUT2D eigenvalue weighted by Gasteiger charge is 2.20. The van der Waals surface area contributed by atoms with Crippen LogP contribution in [0, 0.1) is 23.2 Å². The molecule has 0 saturated carbocycles. The molecule has 5 nitrogen and oxygen atoms in total. The molecule has 1 amide bonds. The van der Waals surface area contributed by atoms with E-state index in [1.54, 1.807) is 0 Å². The number of aromatic nitrogens is 2. The lowest BCUT2D eigenvalue weighted by Crippen LogP contribution is -2.38. The van der Waals surface area contributed by atoms with Crippen LogP contribution in [0.15, 0.2) is 35.4 Å². The van der Waals surface area contributed by atoms with Crippen molar-refractivity contribution in [2.75, 3.05) is 18.8 Å². The van der Waals surface area contributed by atoms with Gasteiger partial charge in [0, 0.05) is 13.1 Å². The number of benzene rings is 1. The predicted molar refractivity (Wildman–Crippen MR) is 124 cm³/mol. The SMILES string of the molecule is CCc1cc(SCC(=O)N(CC(C)C)CC(C)C)n2c(nc3ccccc32)c1C#N. The Morgan fingerprint density at radius 3 is 2.47 bits per heavy atom. The number of fused-ring (bicyclic) bond motifs is 3. The topological polar surface area (TPSA) is 61.4 Å². The molecule has 0 N–H and O–H groups in total. The van der Waals surface area contributed by atoms with Gasteiger partial charge in [0.2, 0.25) is 5.91 Å². The van der Waals surface area contributed by atoms with Crippen molar-refractivity contribution in [3.05, 3.63) is 41.5 Å². The van der Waals surface area contributed by atoms with Crippen LogP contribution in [0.3, 0.4) is 0 Å². The van der Waals surface area contributed by atoms with Gasteiger partial charge >= 0.3 is 0 Å². The highest BCUT2D eigenvalue weighted by molar-refractivity contribution is 7.99. The molecule has 0 bridgehead atoms. The van der Waals surface area contributed by atoms with Crippen LogP contribution in [0.5, 0.6) is 0 Å². The quantitative estimate of drug-likeness (QED) is 0.471. The maximum absolute atomic E-state index is 13.0. The summed E-state index contributed by atoms with van der Waals surface area (Å²) < 4.78 is 2.03. The molecule has 2 aromatic heterocycles.